The van der Waals surface area contributed by atoms with Gasteiger partial charge in [-0.25, -0.2) is 9.97 Å². The first-order chi connectivity index (χ1) is 5.88. The summed E-state index contributed by atoms with van der Waals surface area (Å²) in [4.78, 5) is 8.00. The number of ether oxygens (including phenoxy) is 1. The standard InChI is InChI=1S/C7H8N2O.C2H4/c1-5-7-6(3-10-5)2-8-4-9-7;1-2/h2,4-5H,3H2,1H3;1-2H2. The molecule has 1 aromatic heterocycles. The molecule has 1 unspecified atom stereocenters. The van der Waals surface area contributed by atoms with Gasteiger partial charge >= 0.3 is 0 Å². The predicted molar refractivity (Wildman–Crippen MR) is 46.5 cm³/mol. The molecule has 1 aliphatic heterocycles. The summed E-state index contributed by atoms with van der Waals surface area (Å²) in [6.45, 7) is 8.66. The Morgan fingerprint density at radius 2 is 2.33 bits per heavy atom. The molecule has 1 atom stereocenters. The van der Waals surface area contributed by atoms with Gasteiger partial charge in [-0.1, -0.05) is 0 Å². The smallest absolute Gasteiger partial charge is 0.115 e. The van der Waals surface area contributed by atoms with Gasteiger partial charge in [0.25, 0.3) is 0 Å². The second kappa shape index (κ2) is 3.97. The van der Waals surface area contributed by atoms with Crippen molar-refractivity contribution in [2.75, 3.05) is 0 Å². The van der Waals surface area contributed by atoms with Gasteiger partial charge in [0.2, 0.25) is 0 Å². The van der Waals surface area contributed by atoms with Gasteiger partial charge < -0.3 is 4.74 Å². The topological polar surface area (TPSA) is 35.0 Å². The quantitative estimate of drug-likeness (QED) is 0.549. The van der Waals surface area contributed by atoms with Gasteiger partial charge in [0.05, 0.1) is 18.4 Å². The third kappa shape index (κ3) is 1.51. The van der Waals surface area contributed by atoms with Crippen molar-refractivity contribution in [1.29, 1.82) is 0 Å². The highest BCUT2D eigenvalue weighted by Gasteiger charge is 2.19. The van der Waals surface area contributed by atoms with E-state index in [4.69, 9.17) is 4.74 Å². The molecule has 0 fully saturated rings. The molecule has 0 bridgehead atoms. The predicted octanol–water partition coefficient (Wildman–Crippen LogP) is 1.87. The highest BCUT2D eigenvalue weighted by molar-refractivity contribution is 5.20. The molecule has 0 spiro atoms. The molecule has 3 heteroatoms. The first kappa shape index (κ1) is 8.87. The highest BCUT2D eigenvalue weighted by Crippen LogP contribution is 2.26. The molecule has 12 heavy (non-hydrogen) atoms. The van der Waals surface area contributed by atoms with Gasteiger partial charge in [0.15, 0.2) is 0 Å². The Morgan fingerprint density at radius 3 is 3.00 bits per heavy atom. The van der Waals surface area contributed by atoms with Crippen molar-refractivity contribution < 1.29 is 4.74 Å². The highest BCUT2D eigenvalue weighted by atomic mass is 16.5. The Morgan fingerprint density at radius 1 is 1.58 bits per heavy atom. The average molecular weight is 164 g/mol. The molecule has 3 nitrogen and oxygen atoms in total. The summed E-state index contributed by atoms with van der Waals surface area (Å²) in [5, 5.41) is 0. The van der Waals surface area contributed by atoms with Crippen LogP contribution in [-0.4, -0.2) is 9.97 Å². The van der Waals surface area contributed by atoms with E-state index in [1.807, 2.05) is 13.1 Å². The van der Waals surface area contributed by atoms with Crippen molar-refractivity contribution in [3.8, 4) is 0 Å². The largest absolute Gasteiger partial charge is 0.367 e. The zero-order valence-corrected chi connectivity index (χ0v) is 7.16. The molecule has 0 amide bonds. The Balaban J connectivity index is 0.000000336. The zero-order valence-electron chi connectivity index (χ0n) is 7.16. The van der Waals surface area contributed by atoms with Gasteiger partial charge in [0.1, 0.15) is 6.33 Å². The van der Waals surface area contributed by atoms with Gasteiger partial charge in [0, 0.05) is 11.8 Å². The molecule has 0 aromatic carbocycles. The van der Waals surface area contributed by atoms with E-state index in [9.17, 15) is 0 Å². The number of nitrogens with zero attached hydrogens (tertiary/aromatic N) is 2. The second-order valence-electron chi connectivity index (χ2n) is 2.39. The third-order valence-electron chi connectivity index (χ3n) is 1.70. The number of hydrogen-bond donors (Lipinski definition) is 0. The summed E-state index contributed by atoms with van der Waals surface area (Å²) < 4.78 is 5.32. The fourth-order valence-corrected chi connectivity index (χ4v) is 1.14. The second-order valence-corrected chi connectivity index (χ2v) is 2.39. The van der Waals surface area contributed by atoms with Crippen molar-refractivity contribution in [1.82, 2.24) is 9.97 Å². The molecule has 0 saturated heterocycles. The van der Waals surface area contributed by atoms with Crippen molar-refractivity contribution in [3.05, 3.63) is 36.9 Å². The monoisotopic (exact) mass is 164 g/mol. The van der Waals surface area contributed by atoms with Crippen LogP contribution in [0.2, 0.25) is 0 Å². The van der Waals surface area contributed by atoms with Crippen LogP contribution in [0.25, 0.3) is 0 Å². The number of rotatable bonds is 0. The lowest BCUT2D eigenvalue weighted by Gasteiger charge is -1.98. The van der Waals surface area contributed by atoms with E-state index >= 15 is 0 Å². The summed E-state index contributed by atoms with van der Waals surface area (Å²) in [6.07, 6.45) is 3.52. The fraction of sp³-hybridized carbons (Fsp3) is 0.333. The van der Waals surface area contributed by atoms with Crippen LogP contribution in [0.3, 0.4) is 0 Å². The maximum atomic E-state index is 5.32. The van der Waals surface area contributed by atoms with E-state index in [1.54, 1.807) is 6.33 Å². The molecule has 2 rings (SSSR count). The van der Waals surface area contributed by atoms with Gasteiger partial charge in [-0.05, 0) is 6.92 Å². The van der Waals surface area contributed by atoms with Crippen molar-refractivity contribution in [2.24, 2.45) is 0 Å². The van der Waals surface area contributed by atoms with Gasteiger partial charge in [-0.2, -0.15) is 0 Å². The first-order valence-electron chi connectivity index (χ1n) is 3.78. The molecule has 2 heterocycles. The lowest BCUT2D eigenvalue weighted by Crippen LogP contribution is -1.92. The molecule has 0 radical (unpaired) electrons. The van der Waals surface area contributed by atoms with Crippen LogP contribution in [-0.2, 0) is 11.3 Å². The Kier molecular flexibility index (Phi) is 2.94. The lowest BCUT2D eigenvalue weighted by molar-refractivity contribution is 0.0779. The minimum Gasteiger partial charge on any atom is -0.367 e. The van der Waals surface area contributed by atoms with E-state index in [-0.39, 0.29) is 6.10 Å². The molecule has 1 aliphatic rings. The van der Waals surface area contributed by atoms with Crippen molar-refractivity contribution >= 4 is 0 Å². The van der Waals surface area contributed by atoms with Crippen molar-refractivity contribution in [2.45, 2.75) is 19.6 Å². The number of aromatic nitrogens is 2. The number of fused-ring (bicyclic) bond motifs is 1. The molecule has 1 aromatic rings. The first-order valence-corrected chi connectivity index (χ1v) is 3.78. The van der Waals surface area contributed by atoms with E-state index in [0.29, 0.717) is 6.61 Å². The van der Waals surface area contributed by atoms with E-state index < -0.39 is 0 Å². The molecule has 0 aliphatic carbocycles. The van der Waals surface area contributed by atoms with Gasteiger partial charge in [-0.15, -0.1) is 13.2 Å². The maximum Gasteiger partial charge on any atom is 0.115 e. The summed E-state index contributed by atoms with van der Waals surface area (Å²) in [7, 11) is 0. The van der Waals surface area contributed by atoms with E-state index in [2.05, 4.69) is 23.1 Å². The molecule has 0 N–H and O–H groups in total. The Bertz CT molecular complexity index is 262. The Labute approximate surface area is 72.1 Å². The van der Waals surface area contributed by atoms with Crippen LogP contribution in [0.15, 0.2) is 25.7 Å². The Hall–Kier alpha value is -1.22. The number of hydrogen-bond acceptors (Lipinski definition) is 3. The van der Waals surface area contributed by atoms with E-state index in [0.717, 1.165) is 11.3 Å². The van der Waals surface area contributed by atoms with Crippen LogP contribution in [0.4, 0.5) is 0 Å². The third-order valence-corrected chi connectivity index (χ3v) is 1.70. The van der Waals surface area contributed by atoms with Crippen LogP contribution in [0.1, 0.15) is 24.3 Å². The molecule has 0 saturated carbocycles. The summed E-state index contributed by atoms with van der Waals surface area (Å²) in [5.41, 5.74) is 2.16. The minimum atomic E-state index is 0.151. The summed E-state index contributed by atoms with van der Waals surface area (Å²) in [6, 6.07) is 0. The van der Waals surface area contributed by atoms with E-state index in [1.165, 1.54) is 0 Å². The lowest BCUT2D eigenvalue weighted by atomic mass is 10.2. The molecular weight excluding hydrogens is 152 g/mol. The molecular formula is C9H12N2O. The summed E-state index contributed by atoms with van der Waals surface area (Å²) >= 11 is 0. The molecule has 64 valence electrons. The SMILES string of the molecule is C=C.CC1OCc2cncnc21. The van der Waals surface area contributed by atoms with Crippen LogP contribution >= 0.6 is 0 Å². The average Bonchev–Trinajstić information content (AvgIpc) is 2.53. The minimum absolute atomic E-state index is 0.151. The zero-order chi connectivity index (χ0) is 8.97. The summed E-state index contributed by atoms with van der Waals surface area (Å²) in [5.74, 6) is 0. The van der Waals surface area contributed by atoms with Crippen molar-refractivity contribution in [3.63, 3.8) is 0 Å². The maximum absolute atomic E-state index is 5.32. The van der Waals surface area contributed by atoms with Crippen LogP contribution in [0, 0.1) is 0 Å². The van der Waals surface area contributed by atoms with Crippen LogP contribution < -0.4 is 0 Å². The normalized spacial score (nSPS) is 19.2. The fourth-order valence-electron chi connectivity index (χ4n) is 1.14. The van der Waals surface area contributed by atoms with Gasteiger partial charge in [-0.3, -0.25) is 0 Å². The van der Waals surface area contributed by atoms with Crippen LogP contribution in [0.5, 0.6) is 0 Å².